The van der Waals surface area contributed by atoms with Crippen LogP contribution in [0.1, 0.15) is 16.7 Å². The lowest BCUT2D eigenvalue weighted by molar-refractivity contribution is 0.411. The zero-order valence-electron chi connectivity index (χ0n) is 12.8. The summed E-state index contributed by atoms with van der Waals surface area (Å²) in [5, 5.41) is 3.16. The van der Waals surface area contributed by atoms with Crippen molar-refractivity contribution in [1.29, 1.82) is 0 Å². The molecule has 2 aromatic carbocycles. The maximum absolute atomic E-state index is 14.1. The Hall–Kier alpha value is -1.58. The molecule has 0 aromatic heterocycles. The number of hydrogen-bond donors (Lipinski definition) is 1. The van der Waals surface area contributed by atoms with E-state index in [1.807, 2.05) is 19.2 Å². The second-order valence-corrected chi connectivity index (χ2v) is 4.96. The van der Waals surface area contributed by atoms with Gasteiger partial charge < -0.3 is 10.1 Å². The molecule has 0 aliphatic carbocycles. The zero-order chi connectivity index (χ0) is 14.7. The molecule has 1 N–H and O–H groups in total. The molecule has 0 bridgehead atoms. The second-order valence-electron chi connectivity index (χ2n) is 4.96. The summed E-state index contributed by atoms with van der Waals surface area (Å²) < 4.78 is 19.2. The third-order valence-corrected chi connectivity index (χ3v) is 3.54. The third kappa shape index (κ3) is 3.74. The van der Waals surface area contributed by atoms with Crippen LogP contribution in [0.4, 0.5) is 4.39 Å². The summed E-state index contributed by atoms with van der Waals surface area (Å²) in [5.74, 6) is 0.274. The first kappa shape index (κ1) is 17.5. The molecule has 2 rings (SSSR count). The molecule has 2 nitrogen and oxygen atoms in total. The number of methoxy groups -OCH3 is 1. The van der Waals surface area contributed by atoms with Crippen molar-refractivity contribution in [2.45, 2.75) is 20.4 Å². The zero-order valence-corrected chi connectivity index (χ0v) is 13.6. The average molecular weight is 310 g/mol. The van der Waals surface area contributed by atoms with E-state index in [9.17, 15) is 4.39 Å². The van der Waals surface area contributed by atoms with Crippen molar-refractivity contribution in [1.82, 2.24) is 5.32 Å². The summed E-state index contributed by atoms with van der Waals surface area (Å²) in [7, 11) is 3.46. The van der Waals surface area contributed by atoms with Crippen molar-refractivity contribution in [2.24, 2.45) is 0 Å². The van der Waals surface area contributed by atoms with E-state index in [1.165, 1.54) is 29.9 Å². The smallest absolute Gasteiger partial charge is 0.134 e. The fourth-order valence-corrected chi connectivity index (χ4v) is 2.46. The fourth-order valence-electron chi connectivity index (χ4n) is 2.46. The lowest BCUT2D eigenvalue weighted by Gasteiger charge is -2.13. The monoisotopic (exact) mass is 309 g/mol. The van der Waals surface area contributed by atoms with E-state index in [0.29, 0.717) is 11.3 Å². The van der Waals surface area contributed by atoms with E-state index < -0.39 is 0 Å². The number of nitrogens with one attached hydrogen (secondary N) is 1. The number of ether oxygens (including phenoxy) is 1. The fraction of sp³-hybridized carbons (Fsp3) is 0.294. The molecule has 0 radical (unpaired) electrons. The Morgan fingerprint density at radius 2 is 1.71 bits per heavy atom. The van der Waals surface area contributed by atoms with Crippen molar-refractivity contribution < 1.29 is 9.13 Å². The first-order valence-electron chi connectivity index (χ1n) is 6.65. The van der Waals surface area contributed by atoms with Crippen LogP contribution in [0, 0.1) is 19.7 Å². The average Bonchev–Trinajstić information content (AvgIpc) is 2.42. The van der Waals surface area contributed by atoms with Gasteiger partial charge in [-0.1, -0.05) is 12.1 Å². The predicted molar refractivity (Wildman–Crippen MR) is 87.9 cm³/mol. The minimum absolute atomic E-state index is 0. The highest BCUT2D eigenvalue weighted by molar-refractivity contribution is 5.85. The van der Waals surface area contributed by atoms with Crippen LogP contribution in [0.5, 0.6) is 5.75 Å². The van der Waals surface area contributed by atoms with Gasteiger partial charge in [-0.3, -0.25) is 0 Å². The van der Waals surface area contributed by atoms with E-state index in [2.05, 4.69) is 19.2 Å². The van der Waals surface area contributed by atoms with Crippen molar-refractivity contribution in [3.8, 4) is 16.9 Å². The normalized spacial score (nSPS) is 10.1. The summed E-state index contributed by atoms with van der Waals surface area (Å²) in [4.78, 5) is 0. The summed E-state index contributed by atoms with van der Waals surface area (Å²) in [6.07, 6.45) is 0. The van der Waals surface area contributed by atoms with Gasteiger partial charge >= 0.3 is 0 Å². The standard InChI is InChI=1S/C17H20FNO.ClH/c1-11-7-13(8-12(2)16(11)10-19-3)15-6-5-14(20-4)9-17(15)18;/h5-9,19H,10H2,1-4H3;1H. The van der Waals surface area contributed by atoms with Crippen LogP contribution < -0.4 is 10.1 Å². The molecule has 0 fully saturated rings. The second kappa shape index (κ2) is 7.43. The molecule has 0 aliphatic rings. The van der Waals surface area contributed by atoms with Gasteiger partial charge in [-0.25, -0.2) is 4.39 Å². The maximum atomic E-state index is 14.1. The Labute approximate surface area is 131 Å². The van der Waals surface area contributed by atoms with Gasteiger partial charge in [0.15, 0.2) is 0 Å². The minimum Gasteiger partial charge on any atom is -0.497 e. The molecule has 0 spiro atoms. The molecule has 0 atom stereocenters. The van der Waals surface area contributed by atoms with Gasteiger partial charge in [-0.2, -0.15) is 0 Å². The topological polar surface area (TPSA) is 21.3 Å². The van der Waals surface area contributed by atoms with Crippen molar-refractivity contribution in [3.05, 3.63) is 52.8 Å². The molecule has 0 heterocycles. The van der Waals surface area contributed by atoms with Crippen LogP contribution in [0.15, 0.2) is 30.3 Å². The summed E-state index contributed by atoms with van der Waals surface area (Å²) in [6, 6.07) is 9.03. The minimum atomic E-state index is -0.260. The van der Waals surface area contributed by atoms with Crippen LogP contribution in [0.2, 0.25) is 0 Å². The molecule has 0 amide bonds. The highest BCUT2D eigenvalue weighted by Crippen LogP contribution is 2.29. The molecule has 2 aromatic rings. The van der Waals surface area contributed by atoms with Crippen molar-refractivity contribution in [2.75, 3.05) is 14.2 Å². The van der Waals surface area contributed by atoms with E-state index in [1.54, 1.807) is 12.1 Å². The van der Waals surface area contributed by atoms with Gasteiger partial charge in [-0.15, -0.1) is 12.4 Å². The van der Waals surface area contributed by atoms with Crippen LogP contribution in [-0.4, -0.2) is 14.2 Å². The highest BCUT2D eigenvalue weighted by Gasteiger charge is 2.10. The van der Waals surface area contributed by atoms with Gasteiger partial charge in [0.05, 0.1) is 7.11 Å². The third-order valence-electron chi connectivity index (χ3n) is 3.54. The maximum Gasteiger partial charge on any atom is 0.134 e. The van der Waals surface area contributed by atoms with Crippen molar-refractivity contribution >= 4 is 12.4 Å². The SMILES string of the molecule is CNCc1c(C)cc(-c2ccc(OC)cc2F)cc1C.Cl. The van der Waals surface area contributed by atoms with E-state index in [-0.39, 0.29) is 18.2 Å². The Morgan fingerprint density at radius 3 is 2.19 bits per heavy atom. The molecular weight excluding hydrogens is 289 g/mol. The molecule has 4 heteroatoms. The number of aryl methyl sites for hydroxylation is 2. The number of rotatable bonds is 4. The van der Waals surface area contributed by atoms with Gasteiger partial charge in [-0.05, 0) is 55.3 Å². The van der Waals surface area contributed by atoms with Gasteiger partial charge in [0.2, 0.25) is 0 Å². The molecule has 0 saturated carbocycles. The van der Waals surface area contributed by atoms with E-state index >= 15 is 0 Å². The lowest BCUT2D eigenvalue weighted by Crippen LogP contribution is -2.08. The molecule has 0 saturated heterocycles. The molecular formula is C17H21ClFNO. The molecule has 114 valence electrons. The van der Waals surface area contributed by atoms with Crippen LogP contribution in [0.3, 0.4) is 0 Å². The summed E-state index contributed by atoms with van der Waals surface area (Å²) in [6.45, 7) is 4.94. The predicted octanol–water partition coefficient (Wildman–Crippen LogP) is 4.26. The Kier molecular flexibility index (Phi) is 6.19. The summed E-state index contributed by atoms with van der Waals surface area (Å²) in [5.41, 5.74) is 5.12. The van der Waals surface area contributed by atoms with Gasteiger partial charge in [0, 0.05) is 18.2 Å². The first-order valence-corrected chi connectivity index (χ1v) is 6.65. The Bertz CT molecular complexity index is 605. The number of halogens is 2. The quantitative estimate of drug-likeness (QED) is 0.911. The number of hydrogen-bond acceptors (Lipinski definition) is 2. The van der Waals surface area contributed by atoms with E-state index in [4.69, 9.17) is 4.74 Å². The van der Waals surface area contributed by atoms with Crippen LogP contribution in [0.25, 0.3) is 11.1 Å². The highest BCUT2D eigenvalue weighted by atomic mass is 35.5. The van der Waals surface area contributed by atoms with Gasteiger partial charge in [0.25, 0.3) is 0 Å². The lowest BCUT2D eigenvalue weighted by atomic mass is 9.95. The molecule has 0 unspecified atom stereocenters. The Morgan fingerprint density at radius 1 is 1.10 bits per heavy atom. The van der Waals surface area contributed by atoms with Crippen LogP contribution >= 0.6 is 12.4 Å². The molecule has 0 aliphatic heterocycles. The summed E-state index contributed by atoms with van der Waals surface area (Å²) >= 11 is 0. The van der Waals surface area contributed by atoms with E-state index in [0.717, 1.165) is 12.1 Å². The van der Waals surface area contributed by atoms with Crippen LogP contribution in [-0.2, 0) is 6.54 Å². The largest absolute Gasteiger partial charge is 0.497 e. The number of benzene rings is 2. The first-order chi connectivity index (χ1) is 9.56. The Balaban J connectivity index is 0.00000220. The molecule has 21 heavy (non-hydrogen) atoms. The van der Waals surface area contributed by atoms with Gasteiger partial charge in [0.1, 0.15) is 11.6 Å². The van der Waals surface area contributed by atoms with Crippen molar-refractivity contribution in [3.63, 3.8) is 0 Å².